The first-order valence-corrected chi connectivity index (χ1v) is 14.5. The molecule has 1 aromatic heterocycles. The van der Waals surface area contributed by atoms with Crippen LogP contribution in [-0.2, 0) is 19.4 Å². The van der Waals surface area contributed by atoms with Gasteiger partial charge in [0, 0.05) is 28.9 Å². The Morgan fingerprint density at radius 1 is 1.07 bits per heavy atom. The minimum Gasteiger partial charge on any atom is -0.489 e. The van der Waals surface area contributed by atoms with Crippen LogP contribution in [0.4, 0.5) is 16.4 Å². The number of hydrogen-bond acceptors (Lipinski definition) is 6. The molecule has 0 spiro atoms. The van der Waals surface area contributed by atoms with Gasteiger partial charge in [0.05, 0.1) is 10.5 Å². The number of ether oxygens (including phenoxy) is 1. The van der Waals surface area contributed by atoms with Gasteiger partial charge in [-0.1, -0.05) is 39.0 Å². The van der Waals surface area contributed by atoms with Gasteiger partial charge in [-0.05, 0) is 95.8 Å². The van der Waals surface area contributed by atoms with Crippen LogP contribution in [0.1, 0.15) is 59.1 Å². The van der Waals surface area contributed by atoms with Crippen molar-refractivity contribution in [3.05, 3.63) is 116 Å². The van der Waals surface area contributed by atoms with E-state index in [1.165, 1.54) is 17.0 Å². The molecule has 41 heavy (non-hydrogen) atoms. The van der Waals surface area contributed by atoms with E-state index in [2.05, 4.69) is 26.1 Å². The van der Waals surface area contributed by atoms with Gasteiger partial charge in [0.15, 0.2) is 0 Å². The Morgan fingerprint density at radius 2 is 1.78 bits per heavy atom. The van der Waals surface area contributed by atoms with Crippen molar-refractivity contribution in [3.8, 4) is 5.75 Å². The first kappa shape index (κ1) is 28.2. The average Bonchev–Trinajstić information content (AvgIpc) is 3.34. The Balaban J connectivity index is 1.33. The SMILES string of the molecule is CC(C)(C)[C@H]1CCc2c(sc(N=Cc3ccc(OCc4ccc([N+](=O)[O-])cc4)cc3)c2C(=O)Nc2ccccc2)C1. The van der Waals surface area contributed by atoms with E-state index < -0.39 is 4.92 Å². The molecule has 1 N–H and O–H groups in total. The Bertz CT molecular complexity index is 1550. The van der Waals surface area contributed by atoms with E-state index in [9.17, 15) is 14.9 Å². The van der Waals surface area contributed by atoms with Crippen LogP contribution in [-0.4, -0.2) is 17.0 Å². The molecule has 1 aliphatic rings. The summed E-state index contributed by atoms with van der Waals surface area (Å²) >= 11 is 1.63. The molecule has 1 aliphatic carbocycles. The highest BCUT2D eigenvalue weighted by Crippen LogP contribution is 2.45. The van der Waals surface area contributed by atoms with Crippen molar-refractivity contribution in [3.63, 3.8) is 0 Å². The van der Waals surface area contributed by atoms with Crippen LogP contribution in [0.15, 0.2) is 83.9 Å². The number of carbonyl (C=O) groups is 1. The summed E-state index contributed by atoms with van der Waals surface area (Å²) in [6, 6.07) is 23.4. The number of benzene rings is 3. The molecule has 1 amide bonds. The van der Waals surface area contributed by atoms with Gasteiger partial charge in [0.25, 0.3) is 11.6 Å². The summed E-state index contributed by atoms with van der Waals surface area (Å²) in [7, 11) is 0. The minimum atomic E-state index is -0.419. The van der Waals surface area contributed by atoms with Gasteiger partial charge in [-0.3, -0.25) is 14.9 Å². The summed E-state index contributed by atoms with van der Waals surface area (Å²) in [5.74, 6) is 1.13. The number of anilines is 1. The predicted octanol–water partition coefficient (Wildman–Crippen LogP) is 8.39. The summed E-state index contributed by atoms with van der Waals surface area (Å²) in [6.45, 7) is 7.18. The molecule has 3 aromatic carbocycles. The third kappa shape index (κ3) is 6.89. The molecule has 0 unspecified atom stereocenters. The van der Waals surface area contributed by atoms with Gasteiger partial charge in [0.1, 0.15) is 17.4 Å². The number of aliphatic imine (C=N–C) groups is 1. The number of para-hydroxylation sites is 1. The van der Waals surface area contributed by atoms with Crippen LogP contribution in [0.3, 0.4) is 0 Å². The number of non-ortho nitro benzene ring substituents is 1. The zero-order chi connectivity index (χ0) is 29.0. The summed E-state index contributed by atoms with van der Waals surface area (Å²) < 4.78 is 5.84. The van der Waals surface area contributed by atoms with Gasteiger partial charge in [-0.15, -0.1) is 11.3 Å². The number of amides is 1. The van der Waals surface area contributed by atoms with Gasteiger partial charge in [-0.2, -0.15) is 0 Å². The Labute approximate surface area is 244 Å². The number of nitro groups is 1. The lowest BCUT2D eigenvalue weighted by atomic mass is 9.72. The highest BCUT2D eigenvalue weighted by molar-refractivity contribution is 7.16. The number of nitrogens with zero attached hydrogens (tertiary/aromatic N) is 2. The van der Waals surface area contributed by atoms with Crippen LogP contribution in [0.5, 0.6) is 5.75 Å². The maximum absolute atomic E-state index is 13.5. The van der Waals surface area contributed by atoms with Crippen molar-refractivity contribution in [1.82, 2.24) is 0 Å². The summed E-state index contributed by atoms with van der Waals surface area (Å²) in [6.07, 6.45) is 4.69. The molecule has 0 bridgehead atoms. The molecule has 0 fully saturated rings. The monoisotopic (exact) mass is 567 g/mol. The average molecular weight is 568 g/mol. The number of rotatable bonds is 8. The standard InChI is InChI=1S/C33H33N3O4S/c1-33(2,3)24-13-18-28-29(19-24)41-32(30(28)31(37)35-25-7-5-4-6-8-25)34-20-22-11-16-27(17-12-22)40-21-23-9-14-26(15-10-23)36(38)39/h4-12,14-17,20,24H,13,18-19,21H2,1-3H3,(H,35,37)/t24-/m0/s1. The molecular formula is C33H33N3O4S. The fourth-order valence-corrected chi connectivity index (χ4v) is 6.28. The second-order valence-electron chi connectivity index (χ2n) is 11.3. The summed E-state index contributed by atoms with van der Waals surface area (Å²) in [4.78, 5) is 30.0. The first-order valence-electron chi connectivity index (χ1n) is 13.7. The smallest absolute Gasteiger partial charge is 0.269 e. The van der Waals surface area contributed by atoms with Crippen LogP contribution in [0, 0.1) is 21.4 Å². The number of fused-ring (bicyclic) bond motifs is 1. The Hall–Kier alpha value is -4.30. The van der Waals surface area contributed by atoms with Crippen LogP contribution in [0.2, 0.25) is 0 Å². The van der Waals surface area contributed by atoms with E-state index in [4.69, 9.17) is 9.73 Å². The molecule has 210 valence electrons. The molecular weight excluding hydrogens is 534 g/mol. The third-order valence-electron chi connectivity index (χ3n) is 7.49. The Morgan fingerprint density at radius 3 is 2.44 bits per heavy atom. The van der Waals surface area contributed by atoms with Crippen LogP contribution < -0.4 is 10.1 Å². The van der Waals surface area contributed by atoms with Gasteiger partial charge >= 0.3 is 0 Å². The van der Waals surface area contributed by atoms with Crippen LogP contribution in [0.25, 0.3) is 0 Å². The predicted molar refractivity (Wildman–Crippen MR) is 165 cm³/mol. The number of carbonyl (C=O) groups excluding carboxylic acids is 1. The topological polar surface area (TPSA) is 93.8 Å². The van der Waals surface area contributed by atoms with Crippen molar-refractivity contribution in [2.75, 3.05) is 5.32 Å². The zero-order valence-corrected chi connectivity index (χ0v) is 24.2. The number of hydrogen-bond donors (Lipinski definition) is 1. The van der Waals surface area contributed by atoms with Gasteiger partial charge < -0.3 is 10.1 Å². The minimum absolute atomic E-state index is 0.0544. The van der Waals surface area contributed by atoms with E-state index in [0.717, 1.165) is 46.6 Å². The summed E-state index contributed by atoms with van der Waals surface area (Å²) in [5, 5.41) is 14.6. The number of nitrogens with one attached hydrogen (secondary N) is 1. The lowest BCUT2D eigenvalue weighted by Gasteiger charge is -2.33. The van der Waals surface area contributed by atoms with E-state index in [1.54, 1.807) is 29.7 Å². The molecule has 8 heteroatoms. The highest BCUT2D eigenvalue weighted by Gasteiger charge is 2.33. The molecule has 0 saturated heterocycles. The molecule has 5 rings (SSSR count). The second kappa shape index (κ2) is 12.1. The molecule has 1 atom stereocenters. The molecule has 0 aliphatic heterocycles. The van der Waals surface area contributed by atoms with Gasteiger partial charge in [-0.25, -0.2) is 4.99 Å². The van der Waals surface area contributed by atoms with E-state index in [0.29, 0.717) is 23.8 Å². The fraction of sp³-hybridized carbons (Fsp3) is 0.273. The normalized spacial score (nSPS) is 15.0. The van der Waals surface area contributed by atoms with Crippen molar-refractivity contribution < 1.29 is 14.5 Å². The third-order valence-corrected chi connectivity index (χ3v) is 8.66. The summed E-state index contributed by atoms with van der Waals surface area (Å²) in [5.41, 5.74) is 4.57. The largest absolute Gasteiger partial charge is 0.489 e. The van der Waals surface area contributed by atoms with E-state index >= 15 is 0 Å². The zero-order valence-electron chi connectivity index (χ0n) is 23.4. The molecule has 7 nitrogen and oxygen atoms in total. The molecule has 1 heterocycles. The molecule has 0 radical (unpaired) electrons. The lowest BCUT2D eigenvalue weighted by molar-refractivity contribution is -0.384. The fourth-order valence-electron chi connectivity index (χ4n) is 5.01. The van der Waals surface area contributed by atoms with Crippen molar-refractivity contribution in [1.29, 1.82) is 0 Å². The van der Waals surface area contributed by atoms with Crippen molar-refractivity contribution in [2.45, 2.75) is 46.6 Å². The molecule has 0 saturated carbocycles. The van der Waals surface area contributed by atoms with Crippen LogP contribution >= 0.6 is 11.3 Å². The van der Waals surface area contributed by atoms with E-state index in [-0.39, 0.29) is 17.0 Å². The van der Waals surface area contributed by atoms with Gasteiger partial charge in [0.2, 0.25) is 0 Å². The highest BCUT2D eigenvalue weighted by atomic mass is 32.1. The Kier molecular flexibility index (Phi) is 8.31. The maximum atomic E-state index is 13.5. The lowest BCUT2D eigenvalue weighted by Crippen LogP contribution is -2.27. The maximum Gasteiger partial charge on any atom is 0.269 e. The number of nitro benzene ring substituents is 1. The second-order valence-corrected chi connectivity index (χ2v) is 12.4. The molecule has 4 aromatic rings. The number of thiophene rings is 1. The van der Waals surface area contributed by atoms with E-state index in [1.807, 2.05) is 54.6 Å². The van der Waals surface area contributed by atoms with Crippen molar-refractivity contribution in [2.24, 2.45) is 16.3 Å². The van der Waals surface area contributed by atoms with Crippen molar-refractivity contribution >= 4 is 39.8 Å². The first-order chi connectivity index (χ1) is 19.7. The quantitative estimate of drug-likeness (QED) is 0.131.